The molecule has 1 nitrogen and oxygen atoms in total. The van der Waals surface area contributed by atoms with E-state index in [0.717, 1.165) is 0 Å². The van der Waals surface area contributed by atoms with Crippen molar-refractivity contribution in [1.29, 1.82) is 0 Å². The molecule has 0 radical (unpaired) electrons. The van der Waals surface area contributed by atoms with Gasteiger partial charge in [0.05, 0.1) is 0 Å². The quantitative estimate of drug-likeness (QED) is 0.733. The maximum atomic E-state index is 12.8. The number of benzene rings is 1. The van der Waals surface area contributed by atoms with Gasteiger partial charge < -0.3 is 4.74 Å². The summed E-state index contributed by atoms with van der Waals surface area (Å²) in [5.74, 6) is 0.586. The molecule has 0 aliphatic carbocycles. The van der Waals surface area contributed by atoms with Gasteiger partial charge in [-0.3, -0.25) is 0 Å². The van der Waals surface area contributed by atoms with Gasteiger partial charge in [-0.05, 0) is 61.0 Å². The number of halogens is 3. The van der Waals surface area contributed by atoms with E-state index < -0.39 is 4.83 Å². The Hall–Kier alpha value is -0.640. The van der Waals surface area contributed by atoms with Gasteiger partial charge in [-0.1, -0.05) is 0 Å². The molecule has 0 aliphatic rings. The Kier molecular flexibility index (Phi) is 3.38. The summed E-state index contributed by atoms with van der Waals surface area (Å²) >= 11 is 2.30. The first-order valence-electron chi connectivity index (χ1n) is 4.55. The molecule has 0 saturated heterocycles. The topological polar surface area (TPSA) is 9.23 Å². The van der Waals surface area contributed by atoms with E-state index >= 15 is 0 Å². The highest BCUT2D eigenvalue weighted by Gasteiger charge is 2.26. The van der Waals surface area contributed by atoms with Crippen LogP contribution in [0, 0.1) is 0 Å². The van der Waals surface area contributed by atoms with E-state index in [0.29, 0.717) is 5.75 Å². The molecule has 0 bridgehead atoms. The van der Waals surface area contributed by atoms with Crippen LogP contribution in [0.15, 0.2) is 24.3 Å². The highest BCUT2D eigenvalue weighted by Crippen LogP contribution is 2.35. The van der Waals surface area contributed by atoms with Gasteiger partial charge in [0.1, 0.15) is 11.4 Å². The largest absolute Gasteiger partial charge is 0.488 e. The molecule has 0 heterocycles. The van der Waals surface area contributed by atoms with Crippen LogP contribution < -0.4 is 4.74 Å². The Labute approximate surface area is 96.6 Å². The standard InChI is InChI=1S/C11H13BrF2O/c1-10(2,3)15-9-6-4-8(5-7-9)11(12,13)14/h4-7H,1-3H3. The molecule has 84 valence electrons. The number of rotatable bonds is 2. The lowest BCUT2D eigenvalue weighted by molar-refractivity contribution is 0.113. The van der Waals surface area contributed by atoms with Crippen LogP contribution in [-0.2, 0) is 4.83 Å². The Balaban J connectivity index is 2.82. The molecule has 15 heavy (non-hydrogen) atoms. The summed E-state index contributed by atoms with van der Waals surface area (Å²) in [4.78, 5) is -2.98. The second kappa shape index (κ2) is 4.08. The van der Waals surface area contributed by atoms with Crippen molar-refractivity contribution in [3.63, 3.8) is 0 Å². The molecule has 0 unspecified atom stereocenters. The van der Waals surface area contributed by atoms with Crippen molar-refractivity contribution >= 4 is 15.9 Å². The zero-order chi connectivity index (χ0) is 11.7. The van der Waals surface area contributed by atoms with Crippen molar-refractivity contribution in [2.45, 2.75) is 31.2 Å². The summed E-state index contributed by atoms with van der Waals surface area (Å²) in [6.45, 7) is 5.71. The summed E-state index contributed by atoms with van der Waals surface area (Å²) in [5, 5.41) is 0. The van der Waals surface area contributed by atoms with Gasteiger partial charge in [-0.2, -0.15) is 8.78 Å². The van der Waals surface area contributed by atoms with E-state index in [2.05, 4.69) is 15.9 Å². The molecular weight excluding hydrogens is 266 g/mol. The molecule has 0 fully saturated rings. The van der Waals surface area contributed by atoms with Crippen molar-refractivity contribution in [2.24, 2.45) is 0 Å². The van der Waals surface area contributed by atoms with E-state index in [4.69, 9.17) is 4.74 Å². The second-order valence-electron chi connectivity index (χ2n) is 4.24. The molecule has 4 heteroatoms. The molecule has 1 aromatic rings. The molecule has 0 aromatic heterocycles. The van der Waals surface area contributed by atoms with E-state index in [1.54, 1.807) is 0 Å². The zero-order valence-corrected chi connectivity index (χ0v) is 10.4. The fraction of sp³-hybridized carbons (Fsp3) is 0.455. The fourth-order valence-corrected chi connectivity index (χ4v) is 1.33. The third-order valence-electron chi connectivity index (χ3n) is 1.61. The average molecular weight is 279 g/mol. The van der Waals surface area contributed by atoms with Gasteiger partial charge in [0.15, 0.2) is 0 Å². The predicted molar refractivity (Wildman–Crippen MR) is 59.6 cm³/mol. The van der Waals surface area contributed by atoms with Crippen molar-refractivity contribution in [1.82, 2.24) is 0 Å². The van der Waals surface area contributed by atoms with Crippen LogP contribution in [0.4, 0.5) is 8.78 Å². The molecule has 1 aromatic carbocycles. The van der Waals surface area contributed by atoms with Gasteiger partial charge in [0.25, 0.3) is 0 Å². The smallest absolute Gasteiger partial charge is 0.326 e. The second-order valence-corrected chi connectivity index (χ2v) is 5.23. The first kappa shape index (κ1) is 12.4. The first-order chi connectivity index (χ1) is 6.68. The highest BCUT2D eigenvalue weighted by molar-refractivity contribution is 9.09. The maximum absolute atomic E-state index is 12.8. The summed E-state index contributed by atoms with van der Waals surface area (Å²) in [6.07, 6.45) is 0. The van der Waals surface area contributed by atoms with Crippen LogP contribution in [0.1, 0.15) is 26.3 Å². The van der Waals surface area contributed by atoms with Crippen LogP contribution in [0.5, 0.6) is 5.75 Å². The van der Waals surface area contributed by atoms with Crippen molar-refractivity contribution in [2.75, 3.05) is 0 Å². The van der Waals surface area contributed by atoms with Crippen LogP contribution in [0.2, 0.25) is 0 Å². The lowest BCUT2D eigenvalue weighted by atomic mass is 10.2. The third kappa shape index (κ3) is 4.16. The average Bonchev–Trinajstić information content (AvgIpc) is 2.00. The van der Waals surface area contributed by atoms with Crippen molar-refractivity contribution in [3.8, 4) is 5.75 Å². The van der Waals surface area contributed by atoms with Crippen LogP contribution >= 0.6 is 15.9 Å². The number of hydrogen-bond acceptors (Lipinski definition) is 1. The fourth-order valence-electron chi connectivity index (χ4n) is 1.07. The van der Waals surface area contributed by atoms with Gasteiger partial charge in [-0.25, -0.2) is 0 Å². The minimum absolute atomic E-state index is 0.0799. The normalized spacial score (nSPS) is 12.7. The van der Waals surface area contributed by atoms with E-state index in [-0.39, 0.29) is 11.2 Å². The van der Waals surface area contributed by atoms with Gasteiger partial charge in [0, 0.05) is 5.56 Å². The molecule has 0 amide bonds. The molecule has 0 N–H and O–H groups in total. The number of hydrogen-bond donors (Lipinski definition) is 0. The van der Waals surface area contributed by atoms with Gasteiger partial charge in [-0.15, -0.1) is 0 Å². The van der Waals surface area contributed by atoms with Gasteiger partial charge in [0.2, 0.25) is 0 Å². The Morgan fingerprint density at radius 3 is 1.87 bits per heavy atom. The molecule has 1 rings (SSSR count). The highest BCUT2D eigenvalue weighted by atomic mass is 79.9. The molecular formula is C11H13BrF2O. The Bertz CT molecular complexity index is 322. The maximum Gasteiger partial charge on any atom is 0.326 e. The monoisotopic (exact) mass is 278 g/mol. The zero-order valence-electron chi connectivity index (χ0n) is 8.85. The molecule has 0 atom stereocenters. The van der Waals surface area contributed by atoms with Gasteiger partial charge >= 0.3 is 4.83 Å². The summed E-state index contributed by atoms with van der Waals surface area (Å²) in [5.41, 5.74) is -0.401. The molecule has 0 aliphatic heterocycles. The van der Waals surface area contributed by atoms with E-state index in [9.17, 15) is 8.78 Å². The van der Waals surface area contributed by atoms with Crippen LogP contribution in [0.3, 0.4) is 0 Å². The van der Waals surface area contributed by atoms with E-state index in [1.807, 2.05) is 20.8 Å². The number of ether oxygens (including phenoxy) is 1. The minimum atomic E-state index is -2.98. The lowest BCUT2D eigenvalue weighted by Gasteiger charge is -2.21. The van der Waals surface area contributed by atoms with E-state index in [1.165, 1.54) is 24.3 Å². The first-order valence-corrected chi connectivity index (χ1v) is 5.34. The Morgan fingerprint density at radius 2 is 1.53 bits per heavy atom. The van der Waals surface area contributed by atoms with Crippen LogP contribution in [0.25, 0.3) is 0 Å². The third-order valence-corrected chi connectivity index (χ3v) is 2.06. The predicted octanol–water partition coefficient (Wildman–Crippen LogP) is 4.31. The van der Waals surface area contributed by atoms with Crippen LogP contribution in [-0.4, -0.2) is 5.60 Å². The summed E-state index contributed by atoms with van der Waals surface area (Å²) in [7, 11) is 0. The summed E-state index contributed by atoms with van der Waals surface area (Å²) in [6, 6.07) is 5.76. The summed E-state index contributed by atoms with van der Waals surface area (Å²) < 4.78 is 31.1. The number of alkyl halides is 3. The molecule has 0 spiro atoms. The SMILES string of the molecule is CC(C)(C)Oc1ccc(C(F)(F)Br)cc1. The Morgan fingerprint density at radius 1 is 1.07 bits per heavy atom. The molecule has 0 saturated carbocycles. The lowest BCUT2D eigenvalue weighted by Crippen LogP contribution is -2.22. The van der Waals surface area contributed by atoms with Crippen molar-refractivity contribution < 1.29 is 13.5 Å². The van der Waals surface area contributed by atoms with Crippen molar-refractivity contribution in [3.05, 3.63) is 29.8 Å². The minimum Gasteiger partial charge on any atom is -0.488 e.